The maximum atomic E-state index is 6.15. The fraction of sp³-hybridized carbons (Fsp3) is 0.294. The second-order valence-electron chi connectivity index (χ2n) is 4.88. The van der Waals surface area contributed by atoms with Crippen LogP contribution in [0.5, 0.6) is 0 Å². The molecule has 22 heavy (non-hydrogen) atoms. The quantitative estimate of drug-likeness (QED) is 0.636. The molecule has 0 aliphatic carbocycles. The van der Waals surface area contributed by atoms with E-state index in [4.69, 9.17) is 11.6 Å². The fourth-order valence-corrected chi connectivity index (χ4v) is 2.34. The molecule has 2 rings (SSSR count). The number of aliphatic imine (C=N–C) groups is 1. The number of hydrogen-bond acceptors (Lipinski definition) is 2. The summed E-state index contributed by atoms with van der Waals surface area (Å²) in [4.78, 5) is 8.33. The minimum atomic E-state index is 0.788. The van der Waals surface area contributed by atoms with E-state index in [0.717, 1.165) is 42.5 Å². The molecule has 1 aromatic heterocycles. The summed E-state index contributed by atoms with van der Waals surface area (Å²) >= 11 is 6.15. The standard InChI is InChI=1S/C17H21ClN4/c1-19-17(21-11-8-14-5-4-10-20-13-14)22-12-9-15-6-2-3-7-16(15)18/h2-7,10,13H,8-9,11-12H2,1H3,(H2,19,21,22). The summed E-state index contributed by atoms with van der Waals surface area (Å²) in [6.45, 7) is 1.60. The molecule has 2 N–H and O–H groups in total. The molecule has 0 saturated carbocycles. The van der Waals surface area contributed by atoms with Crippen molar-refractivity contribution in [3.05, 3.63) is 64.9 Å². The largest absolute Gasteiger partial charge is 0.356 e. The van der Waals surface area contributed by atoms with Crippen LogP contribution in [0.25, 0.3) is 0 Å². The van der Waals surface area contributed by atoms with Crippen molar-refractivity contribution in [2.75, 3.05) is 20.1 Å². The summed E-state index contributed by atoms with van der Waals surface area (Å²) in [5.41, 5.74) is 2.35. The van der Waals surface area contributed by atoms with E-state index in [1.54, 1.807) is 13.2 Å². The zero-order chi connectivity index (χ0) is 15.6. The van der Waals surface area contributed by atoms with Gasteiger partial charge in [-0.05, 0) is 36.1 Å². The molecule has 0 aliphatic rings. The second kappa shape index (κ2) is 9.05. The predicted molar refractivity (Wildman–Crippen MR) is 92.5 cm³/mol. The minimum Gasteiger partial charge on any atom is -0.356 e. The van der Waals surface area contributed by atoms with E-state index in [-0.39, 0.29) is 0 Å². The Morgan fingerprint density at radius 3 is 2.55 bits per heavy atom. The Morgan fingerprint density at radius 2 is 1.86 bits per heavy atom. The van der Waals surface area contributed by atoms with Crippen LogP contribution in [0.2, 0.25) is 5.02 Å². The molecule has 0 bridgehead atoms. The van der Waals surface area contributed by atoms with E-state index in [2.05, 4.69) is 26.7 Å². The maximum Gasteiger partial charge on any atom is 0.190 e. The van der Waals surface area contributed by atoms with Crippen LogP contribution in [0.3, 0.4) is 0 Å². The SMILES string of the molecule is CN=C(NCCc1cccnc1)NCCc1ccccc1Cl. The number of benzene rings is 1. The van der Waals surface area contributed by atoms with Gasteiger partial charge >= 0.3 is 0 Å². The molecule has 2 aromatic rings. The average molecular weight is 317 g/mol. The third-order valence-electron chi connectivity index (χ3n) is 3.30. The highest BCUT2D eigenvalue weighted by atomic mass is 35.5. The van der Waals surface area contributed by atoms with E-state index < -0.39 is 0 Å². The molecular formula is C17H21ClN4. The molecule has 0 atom stereocenters. The van der Waals surface area contributed by atoms with Gasteiger partial charge in [0.2, 0.25) is 0 Å². The number of nitrogens with one attached hydrogen (secondary N) is 2. The van der Waals surface area contributed by atoms with E-state index >= 15 is 0 Å². The molecular weight excluding hydrogens is 296 g/mol. The normalized spacial score (nSPS) is 11.3. The van der Waals surface area contributed by atoms with E-state index in [1.165, 1.54) is 5.56 Å². The second-order valence-corrected chi connectivity index (χ2v) is 5.29. The Hall–Kier alpha value is -2.07. The molecule has 1 heterocycles. The minimum absolute atomic E-state index is 0.788. The first-order valence-electron chi connectivity index (χ1n) is 7.36. The Morgan fingerprint density at radius 1 is 1.09 bits per heavy atom. The van der Waals surface area contributed by atoms with Gasteiger partial charge < -0.3 is 10.6 Å². The van der Waals surface area contributed by atoms with Crippen molar-refractivity contribution in [1.29, 1.82) is 0 Å². The average Bonchev–Trinajstić information content (AvgIpc) is 2.56. The zero-order valence-corrected chi connectivity index (χ0v) is 13.5. The Labute approximate surface area is 136 Å². The van der Waals surface area contributed by atoms with E-state index in [0.29, 0.717) is 0 Å². The van der Waals surface area contributed by atoms with Crippen LogP contribution in [0.4, 0.5) is 0 Å². The Bertz CT molecular complexity index is 599. The molecule has 5 heteroatoms. The first-order chi connectivity index (χ1) is 10.8. The van der Waals surface area contributed by atoms with Crippen LogP contribution in [-0.2, 0) is 12.8 Å². The molecule has 116 valence electrons. The number of aromatic nitrogens is 1. The summed E-state index contributed by atoms with van der Waals surface area (Å²) in [6, 6.07) is 11.9. The van der Waals surface area contributed by atoms with Gasteiger partial charge in [-0.15, -0.1) is 0 Å². The van der Waals surface area contributed by atoms with Gasteiger partial charge in [0.15, 0.2) is 5.96 Å². The van der Waals surface area contributed by atoms with Crippen LogP contribution in [0.15, 0.2) is 53.8 Å². The lowest BCUT2D eigenvalue weighted by atomic mass is 10.1. The molecule has 0 radical (unpaired) electrons. The lowest BCUT2D eigenvalue weighted by Gasteiger charge is -2.12. The molecule has 0 fully saturated rings. The fourth-order valence-electron chi connectivity index (χ4n) is 2.11. The van der Waals surface area contributed by atoms with Gasteiger partial charge in [-0.1, -0.05) is 35.9 Å². The molecule has 0 unspecified atom stereocenters. The van der Waals surface area contributed by atoms with Gasteiger partial charge in [-0.25, -0.2) is 0 Å². The van der Waals surface area contributed by atoms with Gasteiger partial charge in [0, 0.05) is 37.6 Å². The van der Waals surface area contributed by atoms with Crippen molar-refractivity contribution in [2.24, 2.45) is 4.99 Å². The highest BCUT2D eigenvalue weighted by Gasteiger charge is 2.01. The van der Waals surface area contributed by atoms with Crippen molar-refractivity contribution in [2.45, 2.75) is 12.8 Å². The van der Waals surface area contributed by atoms with Gasteiger partial charge in [-0.3, -0.25) is 9.98 Å². The topological polar surface area (TPSA) is 49.3 Å². The molecule has 1 aromatic carbocycles. The maximum absolute atomic E-state index is 6.15. The number of hydrogen-bond donors (Lipinski definition) is 2. The lowest BCUT2D eigenvalue weighted by molar-refractivity contribution is 0.783. The summed E-state index contributed by atoms with van der Waals surface area (Å²) in [6.07, 6.45) is 5.45. The van der Waals surface area contributed by atoms with Gasteiger partial charge in [-0.2, -0.15) is 0 Å². The molecule has 0 amide bonds. The molecule has 4 nitrogen and oxygen atoms in total. The highest BCUT2D eigenvalue weighted by molar-refractivity contribution is 6.31. The number of halogens is 1. The third kappa shape index (κ3) is 5.37. The van der Waals surface area contributed by atoms with Crippen LogP contribution < -0.4 is 10.6 Å². The number of pyridine rings is 1. The van der Waals surface area contributed by atoms with Gasteiger partial charge in [0.1, 0.15) is 0 Å². The molecule has 0 saturated heterocycles. The molecule has 0 aliphatic heterocycles. The third-order valence-corrected chi connectivity index (χ3v) is 3.67. The number of nitrogens with zero attached hydrogens (tertiary/aromatic N) is 2. The summed E-state index contributed by atoms with van der Waals surface area (Å²) in [7, 11) is 1.77. The number of rotatable bonds is 6. The van der Waals surface area contributed by atoms with Gasteiger partial charge in [0.25, 0.3) is 0 Å². The highest BCUT2D eigenvalue weighted by Crippen LogP contribution is 2.14. The first-order valence-corrected chi connectivity index (χ1v) is 7.74. The predicted octanol–water partition coefficient (Wildman–Crippen LogP) is 2.69. The number of guanidine groups is 1. The van der Waals surface area contributed by atoms with E-state index in [1.807, 2.05) is 36.5 Å². The summed E-state index contributed by atoms with van der Waals surface area (Å²) in [5.74, 6) is 0.802. The van der Waals surface area contributed by atoms with E-state index in [9.17, 15) is 0 Å². The lowest BCUT2D eigenvalue weighted by Crippen LogP contribution is -2.39. The van der Waals surface area contributed by atoms with Crippen LogP contribution >= 0.6 is 11.6 Å². The first kappa shape index (κ1) is 16.3. The van der Waals surface area contributed by atoms with Crippen molar-refractivity contribution in [3.63, 3.8) is 0 Å². The summed E-state index contributed by atoms with van der Waals surface area (Å²) in [5, 5.41) is 7.40. The Balaban J connectivity index is 1.70. The summed E-state index contributed by atoms with van der Waals surface area (Å²) < 4.78 is 0. The van der Waals surface area contributed by atoms with Crippen molar-refractivity contribution >= 4 is 17.6 Å². The van der Waals surface area contributed by atoms with Crippen LogP contribution in [0, 0.1) is 0 Å². The van der Waals surface area contributed by atoms with Crippen LogP contribution in [-0.4, -0.2) is 31.1 Å². The smallest absolute Gasteiger partial charge is 0.190 e. The zero-order valence-electron chi connectivity index (χ0n) is 12.7. The Kier molecular flexibility index (Phi) is 6.71. The molecule has 0 spiro atoms. The van der Waals surface area contributed by atoms with Crippen molar-refractivity contribution < 1.29 is 0 Å². The monoisotopic (exact) mass is 316 g/mol. The van der Waals surface area contributed by atoms with Crippen molar-refractivity contribution in [1.82, 2.24) is 15.6 Å². The van der Waals surface area contributed by atoms with Crippen LogP contribution in [0.1, 0.15) is 11.1 Å². The van der Waals surface area contributed by atoms with Crippen molar-refractivity contribution in [3.8, 4) is 0 Å². The van der Waals surface area contributed by atoms with Gasteiger partial charge in [0.05, 0.1) is 0 Å².